The summed E-state index contributed by atoms with van der Waals surface area (Å²) in [5.74, 6) is 1.87. The Balaban J connectivity index is 2.17. The van der Waals surface area contributed by atoms with E-state index < -0.39 is 10.8 Å². The quantitative estimate of drug-likeness (QED) is 0.419. The average molecular weight is 337 g/mol. The molecule has 2 aromatic carbocycles. The molecule has 0 aliphatic heterocycles. The Kier molecular flexibility index (Phi) is 4.22. The molecule has 0 atom stereocenters. The molecule has 0 saturated heterocycles. The molecule has 6 nitrogen and oxygen atoms in total. The molecule has 1 heterocycles. The fourth-order valence-corrected chi connectivity index (χ4v) is 3.34. The SMILES string of the molecule is C#CCn1c(=NC(=O)c2ccccc2[N+](=O)[O-])sc2ccccc21. The fraction of sp³-hybridized carbons (Fsp3) is 0.0588. The number of carbonyl (C=O) groups is 1. The minimum atomic E-state index is -0.667. The molecule has 0 bridgehead atoms. The second-order valence-electron chi connectivity index (χ2n) is 4.83. The Bertz CT molecular complexity index is 1060. The molecular weight excluding hydrogens is 326 g/mol. The minimum absolute atomic E-state index is 0.0489. The number of rotatable bonds is 3. The second kappa shape index (κ2) is 6.48. The molecule has 0 aliphatic rings. The number of aromatic nitrogens is 1. The second-order valence-corrected chi connectivity index (χ2v) is 5.84. The first-order chi connectivity index (χ1) is 11.6. The lowest BCUT2D eigenvalue weighted by atomic mass is 10.2. The predicted molar refractivity (Wildman–Crippen MR) is 91.6 cm³/mol. The lowest BCUT2D eigenvalue weighted by Crippen LogP contribution is -2.16. The van der Waals surface area contributed by atoms with E-state index in [-0.39, 0.29) is 17.8 Å². The van der Waals surface area contributed by atoms with Gasteiger partial charge in [-0.1, -0.05) is 41.5 Å². The number of hydrogen-bond donors (Lipinski definition) is 0. The molecule has 7 heteroatoms. The van der Waals surface area contributed by atoms with Gasteiger partial charge in [-0.15, -0.1) is 6.42 Å². The van der Waals surface area contributed by atoms with Crippen LogP contribution in [0.15, 0.2) is 53.5 Å². The van der Waals surface area contributed by atoms with E-state index in [0.717, 1.165) is 10.2 Å². The zero-order valence-electron chi connectivity index (χ0n) is 12.4. The van der Waals surface area contributed by atoms with E-state index in [9.17, 15) is 14.9 Å². The van der Waals surface area contributed by atoms with E-state index in [1.807, 2.05) is 24.3 Å². The standard InChI is InChI=1S/C17H11N3O3S/c1-2-11-19-14-9-5-6-10-15(14)24-17(19)18-16(21)12-7-3-4-8-13(12)20(22)23/h1,3-10H,11H2. The molecule has 1 aromatic heterocycles. The van der Waals surface area contributed by atoms with Crippen molar-refractivity contribution in [3.8, 4) is 12.3 Å². The van der Waals surface area contributed by atoms with Crippen LogP contribution in [-0.4, -0.2) is 15.4 Å². The number of nitro benzene ring substituents is 1. The molecule has 0 fully saturated rings. The van der Waals surface area contributed by atoms with Crippen LogP contribution in [-0.2, 0) is 6.54 Å². The van der Waals surface area contributed by atoms with E-state index in [1.54, 1.807) is 10.6 Å². The van der Waals surface area contributed by atoms with Gasteiger partial charge in [0.05, 0.1) is 21.7 Å². The third-order valence-electron chi connectivity index (χ3n) is 3.37. The third kappa shape index (κ3) is 2.83. The molecule has 1 amide bonds. The summed E-state index contributed by atoms with van der Waals surface area (Å²) in [5.41, 5.74) is 0.553. The van der Waals surface area contributed by atoms with Gasteiger partial charge in [0.2, 0.25) is 0 Å². The van der Waals surface area contributed by atoms with Crippen molar-refractivity contribution in [1.29, 1.82) is 0 Å². The number of amides is 1. The van der Waals surface area contributed by atoms with Gasteiger partial charge in [0.25, 0.3) is 11.6 Å². The van der Waals surface area contributed by atoms with Crippen LogP contribution in [0.25, 0.3) is 10.2 Å². The summed E-state index contributed by atoms with van der Waals surface area (Å²) >= 11 is 1.31. The van der Waals surface area contributed by atoms with Gasteiger partial charge < -0.3 is 4.57 Å². The number of terminal acetylenes is 1. The Morgan fingerprint density at radius 3 is 2.71 bits per heavy atom. The highest BCUT2D eigenvalue weighted by Gasteiger charge is 2.19. The summed E-state index contributed by atoms with van der Waals surface area (Å²) in [5, 5.41) is 11.1. The molecule has 0 spiro atoms. The molecule has 3 aromatic rings. The van der Waals surface area contributed by atoms with Crippen LogP contribution in [0.1, 0.15) is 10.4 Å². The zero-order valence-corrected chi connectivity index (χ0v) is 13.2. The van der Waals surface area contributed by atoms with Gasteiger partial charge in [-0.05, 0) is 18.2 Å². The van der Waals surface area contributed by atoms with Crippen molar-refractivity contribution in [3.63, 3.8) is 0 Å². The molecule has 0 N–H and O–H groups in total. The lowest BCUT2D eigenvalue weighted by Gasteiger charge is -2.00. The number of thiazole rings is 1. The summed E-state index contributed by atoms with van der Waals surface area (Å²) in [6.45, 7) is 0.257. The van der Waals surface area contributed by atoms with Crippen LogP contribution in [0.5, 0.6) is 0 Å². The number of carbonyl (C=O) groups excluding carboxylic acids is 1. The molecular formula is C17H11N3O3S. The van der Waals surface area contributed by atoms with Gasteiger partial charge in [-0.2, -0.15) is 4.99 Å². The number of benzene rings is 2. The average Bonchev–Trinajstić information content (AvgIpc) is 2.93. The molecule has 118 valence electrons. The molecule has 0 aliphatic carbocycles. The van der Waals surface area contributed by atoms with Crippen LogP contribution in [0.4, 0.5) is 5.69 Å². The summed E-state index contributed by atoms with van der Waals surface area (Å²) in [4.78, 5) is 27.4. The zero-order chi connectivity index (χ0) is 17.1. The maximum absolute atomic E-state index is 12.4. The van der Waals surface area contributed by atoms with Gasteiger partial charge in [-0.3, -0.25) is 14.9 Å². The van der Waals surface area contributed by atoms with Crippen molar-refractivity contribution < 1.29 is 9.72 Å². The third-order valence-corrected chi connectivity index (χ3v) is 4.43. The van der Waals surface area contributed by atoms with E-state index in [4.69, 9.17) is 6.42 Å². The monoisotopic (exact) mass is 337 g/mol. The van der Waals surface area contributed by atoms with Crippen LogP contribution >= 0.6 is 11.3 Å². The van der Waals surface area contributed by atoms with Crippen molar-refractivity contribution in [3.05, 3.63) is 69.0 Å². The van der Waals surface area contributed by atoms with E-state index >= 15 is 0 Å². The van der Waals surface area contributed by atoms with Crippen LogP contribution < -0.4 is 4.80 Å². The first-order valence-electron chi connectivity index (χ1n) is 6.96. The predicted octanol–water partition coefficient (Wildman–Crippen LogP) is 2.99. The van der Waals surface area contributed by atoms with Crippen LogP contribution in [0.2, 0.25) is 0 Å². The van der Waals surface area contributed by atoms with Gasteiger partial charge in [0.1, 0.15) is 5.56 Å². The van der Waals surface area contributed by atoms with Gasteiger partial charge in [0, 0.05) is 6.07 Å². The van der Waals surface area contributed by atoms with E-state index in [2.05, 4.69) is 10.9 Å². The molecule has 0 radical (unpaired) electrons. The van der Waals surface area contributed by atoms with E-state index in [0.29, 0.717) is 4.80 Å². The van der Waals surface area contributed by atoms with Gasteiger partial charge in [0.15, 0.2) is 4.80 Å². The Hall–Kier alpha value is -3.24. The summed E-state index contributed by atoms with van der Waals surface area (Å²) in [6.07, 6.45) is 5.40. The highest BCUT2D eigenvalue weighted by atomic mass is 32.1. The minimum Gasteiger partial charge on any atom is -0.305 e. The van der Waals surface area contributed by atoms with Crippen LogP contribution in [0.3, 0.4) is 0 Å². The topological polar surface area (TPSA) is 77.5 Å². The molecule has 24 heavy (non-hydrogen) atoms. The highest BCUT2D eigenvalue weighted by molar-refractivity contribution is 7.16. The van der Waals surface area contributed by atoms with Gasteiger partial charge in [-0.25, -0.2) is 0 Å². The molecule has 0 unspecified atom stereocenters. The normalized spacial score (nSPS) is 11.4. The first kappa shape index (κ1) is 15.6. The van der Waals surface area contributed by atoms with Crippen molar-refractivity contribution in [2.45, 2.75) is 6.54 Å². The smallest absolute Gasteiger partial charge is 0.286 e. The Morgan fingerprint density at radius 1 is 1.25 bits per heavy atom. The summed E-state index contributed by atoms with van der Waals surface area (Å²) in [6, 6.07) is 13.3. The summed E-state index contributed by atoms with van der Waals surface area (Å²) in [7, 11) is 0. The van der Waals surface area contributed by atoms with Crippen molar-refractivity contribution in [1.82, 2.24) is 4.57 Å². The van der Waals surface area contributed by atoms with Crippen molar-refractivity contribution in [2.24, 2.45) is 4.99 Å². The van der Waals surface area contributed by atoms with Crippen molar-refractivity contribution in [2.75, 3.05) is 0 Å². The fourth-order valence-electron chi connectivity index (χ4n) is 2.31. The Morgan fingerprint density at radius 2 is 1.96 bits per heavy atom. The lowest BCUT2D eigenvalue weighted by molar-refractivity contribution is -0.385. The number of nitro groups is 1. The molecule has 3 rings (SSSR count). The largest absolute Gasteiger partial charge is 0.305 e. The first-order valence-corrected chi connectivity index (χ1v) is 7.78. The maximum atomic E-state index is 12.4. The van der Waals surface area contributed by atoms with Crippen molar-refractivity contribution >= 4 is 33.1 Å². The highest BCUT2D eigenvalue weighted by Crippen LogP contribution is 2.19. The van der Waals surface area contributed by atoms with Gasteiger partial charge >= 0.3 is 0 Å². The van der Waals surface area contributed by atoms with E-state index in [1.165, 1.54) is 29.5 Å². The number of hydrogen-bond acceptors (Lipinski definition) is 4. The number of fused-ring (bicyclic) bond motifs is 1. The number of nitrogens with zero attached hydrogens (tertiary/aromatic N) is 3. The summed E-state index contributed by atoms with van der Waals surface area (Å²) < 4.78 is 2.68. The maximum Gasteiger partial charge on any atom is 0.286 e. The van der Waals surface area contributed by atoms with Crippen LogP contribution in [0, 0.1) is 22.5 Å². The number of para-hydroxylation sites is 2. The Labute approximate surface area is 140 Å². The molecule has 0 saturated carbocycles.